The second-order valence-electron chi connectivity index (χ2n) is 5.48. The molecule has 94 valence electrons. The van der Waals surface area contributed by atoms with Crippen molar-refractivity contribution in [2.45, 2.75) is 32.1 Å². The van der Waals surface area contributed by atoms with E-state index < -0.39 is 0 Å². The van der Waals surface area contributed by atoms with Crippen LogP contribution in [-0.2, 0) is 0 Å². The van der Waals surface area contributed by atoms with Gasteiger partial charge >= 0.3 is 0 Å². The SMILES string of the molecule is CNCC1(CN2CCSCC2)CCCCC1. The first-order valence-corrected chi connectivity index (χ1v) is 7.95. The predicted molar refractivity (Wildman–Crippen MR) is 73.2 cm³/mol. The molecular formula is C13H26N2S. The van der Waals surface area contributed by atoms with Crippen LogP contribution in [0.5, 0.6) is 0 Å². The minimum absolute atomic E-state index is 0.592. The lowest BCUT2D eigenvalue weighted by Crippen LogP contribution is -2.47. The molecule has 0 aromatic rings. The van der Waals surface area contributed by atoms with E-state index in [1.807, 2.05) is 0 Å². The Morgan fingerprint density at radius 1 is 1.12 bits per heavy atom. The fourth-order valence-electron chi connectivity index (χ4n) is 3.30. The summed E-state index contributed by atoms with van der Waals surface area (Å²) in [5.74, 6) is 2.69. The molecule has 16 heavy (non-hydrogen) atoms. The molecule has 0 unspecified atom stereocenters. The molecule has 1 N–H and O–H groups in total. The summed E-state index contributed by atoms with van der Waals surface area (Å²) in [6, 6.07) is 0. The van der Waals surface area contributed by atoms with Gasteiger partial charge in [0.25, 0.3) is 0 Å². The molecule has 2 aliphatic rings. The zero-order chi connectivity index (χ0) is 11.3. The summed E-state index contributed by atoms with van der Waals surface area (Å²) in [6.45, 7) is 5.19. The highest BCUT2D eigenvalue weighted by molar-refractivity contribution is 7.99. The molecule has 1 aliphatic heterocycles. The standard InChI is InChI=1S/C13H26N2S/c1-14-11-13(5-3-2-4-6-13)12-15-7-9-16-10-8-15/h14H,2-12H2,1H3. The van der Waals surface area contributed by atoms with Crippen molar-refractivity contribution in [1.29, 1.82) is 0 Å². The zero-order valence-electron chi connectivity index (χ0n) is 10.6. The number of thioether (sulfide) groups is 1. The van der Waals surface area contributed by atoms with Crippen LogP contribution >= 0.6 is 11.8 Å². The third kappa shape index (κ3) is 3.38. The Morgan fingerprint density at radius 2 is 1.81 bits per heavy atom. The van der Waals surface area contributed by atoms with Crippen LogP contribution in [0.1, 0.15) is 32.1 Å². The third-order valence-corrected chi connectivity index (χ3v) is 5.07. The van der Waals surface area contributed by atoms with Crippen molar-refractivity contribution in [1.82, 2.24) is 10.2 Å². The molecule has 0 bridgehead atoms. The van der Waals surface area contributed by atoms with Crippen molar-refractivity contribution in [3.8, 4) is 0 Å². The van der Waals surface area contributed by atoms with Crippen molar-refractivity contribution >= 4 is 11.8 Å². The van der Waals surface area contributed by atoms with E-state index in [0.717, 1.165) is 0 Å². The lowest BCUT2D eigenvalue weighted by Gasteiger charge is -2.42. The van der Waals surface area contributed by atoms with Crippen molar-refractivity contribution < 1.29 is 0 Å². The minimum Gasteiger partial charge on any atom is -0.319 e. The van der Waals surface area contributed by atoms with E-state index in [1.165, 1.54) is 69.8 Å². The van der Waals surface area contributed by atoms with E-state index in [2.05, 4.69) is 29.0 Å². The molecule has 0 amide bonds. The maximum atomic E-state index is 3.44. The van der Waals surface area contributed by atoms with Gasteiger partial charge in [-0.3, -0.25) is 0 Å². The van der Waals surface area contributed by atoms with Crippen LogP contribution in [0.2, 0.25) is 0 Å². The van der Waals surface area contributed by atoms with Gasteiger partial charge in [0.05, 0.1) is 0 Å². The van der Waals surface area contributed by atoms with Crippen LogP contribution in [0.3, 0.4) is 0 Å². The van der Waals surface area contributed by atoms with Gasteiger partial charge in [-0.15, -0.1) is 0 Å². The van der Waals surface area contributed by atoms with E-state index in [-0.39, 0.29) is 0 Å². The predicted octanol–water partition coefficient (Wildman–Crippen LogP) is 2.21. The maximum absolute atomic E-state index is 3.44. The fraction of sp³-hybridized carbons (Fsp3) is 1.00. The van der Waals surface area contributed by atoms with Crippen LogP contribution in [0.15, 0.2) is 0 Å². The highest BCUT2D eigenvalue weighted by Crippen LogP contribution is 2.36. The van der Waals surface area contributed by atoms with Crippen molar-refractivity contribution in [2.24, 2.45) is 5.41 Å². The van der Waals surface area contributed by atoms with Gasteiger partial charge in [0.2, 0.25) is 0 Å². The van der Waals surface area contributed by atoms with Gasteiger partial charge in [0.15, 0.2) is 0 Å². The Hall–Kier alpha value is 0.270. The van der Waals surface area contributed by atoms with Gasteiger partial charge in [0, 0.05) is 37.7 Å². The van der Waals surface area contributed by atoms with Gasteiger partial charge in [0.1, 0.15) is 0 Å². The van der Waals surface area contributed by atoms with Gasteiger partial charge in [-0.1, -0.05) is 19.3 Å². The van der Waals surface area contributed by atoms with Crippen LogP contribution < -0.4 is 5.32 Å². The molecule has 1 heterocycles. The summed E-state index contributed by atoms with van der Waals surface area (Å²) in [5.41, 5.74) is 0.592. The van der Waals surface area contributed by atoms with Gasteiger partial charge in [-0.05, 0) is 25.3 Å². The number of rotatable bonds is 4. The van der Waals surface area contributed by atoms with Gasteiger partial charge in [-0.2, -0.15) is 11.8 Å². The Labute approximate surface area is 105 Å². The second-order valence-corrected chi connectivity index (χ2v) is 6.70. The summed E-state index contributed by atoms with van der Waals surface area (Å²) in [6.07, 6.45) is 7.24. The van der Waals surface area contributed by atoms with Crippen molar-refractivity contribution in [3.05, 3.63) is 0 Å². The molecule has 1 aliphatic carbocycles. The lowest BCUT2D eigenvalue weighted by molar-refractivity contribution is 0.110. The molecule has 0 aromatic carbocycles. The van der Waals surface area contributed by atoms with Crippen LogP contribution in [0.4, 0.5) is 0 Å². The smallest absolute Gasteiger partial charge is 0.00729 e. The van der Waals surface area contributed by atoms with Crippen molar-refractivity contribution in [3.63, 3.8) is 0 Å². The molecule has 2 rings (SSSR count). The highest BCUT2D eigenvalue weighted by atomic mass is 32.2. The first-order chi connectivity index (χ1) is 7.85. The van der Waals surface area contributed by atoms with E-state index in [9.17, 15) is 0 Å². The van der Waals surface area contributed by atoms with Gasteiger partial charge < -0.3 is 10.2 Å². The first-order valence-electron chi connectivity index (χ1n) is 6.79. The Balaban J connectivity index is 1.89. The maximum Gasteiger partial charge on any atom is 0.00729 e. The molecule has 0 atom stereocenters. The Bertz CT molecular complexity index is 191. The van der Waals surface area contributed by atoms with E-state index in [0.29, 0.717) is 5.41 Å². The molecule has 3 heteroatoms. The third-order valence-electron chi connectivity index (χ3n) is 4.13. The van der Waals surface area contributed by atoms with Crippen LogP contribution in [0.25, 0.3) is 0 Å². The normalized spacial score (nSPS) is 26.8. The van der Waals surface area contributed by atoms with E-state index in [4.69, 9.17) is 0 Å². The monoisotopic (exact) mass is 242 g/mol. The Morgan fingerprint density at radius 3 is 2.44 bits per heavy atom. The average molecular weight is 242 g/mol. The lowest BCUT2D eigenvalue weighted by atomic mass is 9.73. The second kappa shape index (κ2) is 6.27. The topological polar surface area (TPSA) is 15.3 Å². The summed E-state index contributed by atoms with van der Waals surface area (Å²) in [7, 11) is 2.11. The summed E-state index contributed by atoms with van der Waals surface area (Å²) in [4.78, 5) is 2.71. The molecule has 2 fully saturated rings. The van der Waals surface area contributed by atoms with E-state index >= 15 is 0 Å². The summed E-state index contributed by atoms with van der Waals surface area (Å²) < 4.78 is 0. The fourth-order valence-corrected chi connectivity index (χ4v) is 4.28. The highest BCUT2D eigenvalue weighted by Gasteiger charge is 2.33. The minimum atomic E-state index is 0.592. The first kappa shape index (κ1) is 12.7. The van der Waals surface area contributed by atoms with Crippen LogP contribution in [-0.4, -0.2) is 49.6 Å². The van der Waals surface area contributed by atoms with E-state index in [1.54, 1.807) is 0 Å². The molecule has 1 saturated heterocycles. The number of nitrogens with one attached hydrogen (secondary N) is 1. The molecule has 1 saturated carbocycles. The van der Waals surface area contributed by atoms with Crippen molar-refractivity contribution in [2.75, 3.05) is 44.7 Å². The zero-order valence-corrected chi connectivity index (χ0v) is 11.5. The van der Waals surface area contributed by atoms with Crippen LogP contribution in [0, 0.1) is 5.41 Å². The number of hydrogen-bond donors (Lipinski definition) is 1. The summed E-state index contributed by atoms with van der Waals surface area (Å²) in [5, 5.41) is 3.44. The molecule has 0 spiro atoms. The largest absolute Gasteiger partial charge is 0.319 e. The number of nitrogens with zero attached hydrogens (tertiary/aromatic N) is 1. The molecular weight excluding hydrogens is 216 g/mol. The summed E-state index contributed by atoms with van der Waals surface area (Å²) >= 11 is 2.12. The Kier molecular flexibility index (Phi) is 4.98. The average Bonchev–Trinajstić information content (AvgIpc) is 2.31. The molecule has 2 nitrogen and oxygen atoms in total. The molecule has 0 aromatic heterocycles. The number of hydrogen-bond acceptors (Lipinski definition) is 3. The van der Waals surface area contributed by atoms with Gasteiger partial charge in [-0.25, -0.2) is 0 Å². The quantitative estimate of drug-likeness (QED) is 0.814. The molecule has 0 radical (unpaired) electrons.